The molecule has 1 heterocycles. The van der Waals surface area contributed by atoms with E-state index >= 15 is 0 Å². The second-order valence-electron chi connectivity index (χ2n) is 8.01. The van der Waals surface area contributed by atoms with Gasteiger partial charge in [0.15, 0.2) is 5.82 Å². The van der Waals surface area contributed by atoms with Gasteiger partial charge in [-0.2, -0.15) is 10.2 Å². The average Bonchev–Trinajstić information content (AvgIpc) is 2.74. The van der Waals surface area contributed by atoms with Crippen molar-refractivity contribution in [2.75, 3.05) is 31.2 Å². The second-order valence-corrected chi connectivity index (χ2v) is 8.01. The molecule has 1 rings (SSSR count). The van der Waals surface area contributed by atoms with Crippen LogP contribution in [0.1, 0.15) is 72.0 Å². The Bertz CT molecular complexity index is 718. The number of hydrogen-bond donors (Lipinski definition) is 2. The lowest BCUT2D eigenvalue weighted by Crippen LogP contribution is -2.51. The Kier molecular flexibility index (Phi) is 12.6. The second kappa shape index (κ2) is 15.0. The SMILES string of the molecule is CCCCN(CCCCCCNC(C)=O)C(=O)NN(CC(C)C)c1ccnc(C#N)n1. The quantitative estimate of drug-likeness (QED) is 0.345. The molecule has 0 aromatic carbocycles. The molecule has 9 nitrogen and oxygen atoms in total. The summed E-state index contributed by atoms with van der Waals surface area (Å²) in [6.07, 6.45) is 7.34. The third-order valence-electron chi connectivity index (χ3n) is 4.59. The number of hydrogen-bond acceptors (Lipinski definition) is 6. The van der Waals surface area contributed by atoms with Crippen molar-refractivity contribution >= 4 is 17.8 Å². The number of urea groups is 1. The van der Waals surface area contributed by atoms with Crippen molar-refractivity contribution in [3.8, 4) is 6.07 Å². The molecule has 0 aliphatic rings. The molecule has 0 aliphatic carbocycles. The average molecular weight is 432 g/mol. The number of nitrogens with one attached hydrogen (secondary N) is 2. The van der Waals surface area contributed by atoms with Crippen molar-refractivity contribution in [2.45, 2.75) is 66.2 Å². The van der Waals surface area contributed by atoms with E-state index in [1.807, 2.05) is 11.0 Å². The summed E-state index contributed by atoms with van der Waals surface area (Å²) < 4.78 is 0. The van der Waals surface area contributed by atoms with Crippen molar-refractivity contribution < 1.29 is 9.59 Å². The van der Waals surface area contributed by atoms with Crippen LogP contribution < -0.4 is 15.8 Å². The number of hydrazine groups is 1. The summed E-state index contributed by atoms with van der Waals surface area (Å²) in [5.41, 5.74) is 2.97. The lowest BCUT2D eigenvalue weighted by molar-refractivity contribution is -0.118. The minimum absolute atomic E-state index is 0.000980. The number of aromatic nitrogens is 2. The van der Waals surface area contributed by atoms with Crippen molar-refractivity contribution in [1.82, 2.24) is 25.6 Å². The summed E-state index contributed by atoms with van der Waals surface area (Å²) in [6, 6.07) is 3.47. The van der Waals surface area contributed by atoms with E-state index in [1.54, 1.807) is 11.1 Å². The summed E-state index contributed by atoms with van der Waals surface area (Å²) in [4.78, 5) is 33.9. The molecular formula is C22H37N7O2. The molecular weight excluding hydrogens is 394 g/mol. The highest BCUT2D eigenvalue weighted by atomic mass is 16.2. The number of rotatable bonds is 14. The highest BCUT2D eigenvalue weighted by Gasteiger charge is 2.18. The van der Waals surface area contributed by atoms with Crippen LogP contribution in [0.3, 0.4) is 0 Å². The number of amides is 3. The molecule has 0 fully saturated rings. The normalized spacial score (nSPS) is 10.5. The molecule has 0 spiro atoms. The van der Waals surface area contributed by atoms with Gasteiger partial charge < -0.3 is 10.2 Å². The Morgan fingerprint density at radius 1 is 1.16 bits per heavy atom. The van der Waals surface area contributed by atoms with Crippen molar-refractivity contribution in [3.05, 3.63) is 18.1 Å². The summed E-state index contributed by atoms with van der Waals surface area (Å²) in [5, 5.41) is 13.6. The maximum Gasteiger partial charge on any atom is 0.336 e. The molecule has 0 aliphatic heterocycles. The van der Waals surface area contributed by atoms with E-state index in [2.05, 4.69) is 41.5 Å². The largest absolute Gasteiger partial charge is 0.356 e. The molecule has 172 valence electrons. The van der Waals surface area contributed by atoms with Crippen LogP contribution in [0.2, 0.25) is 0 Å². The van der Waals surface area contributed by atoms with E-state index in [0.29, 0.717) is 32.0 Å². The minimum Gasteiger partial charge on any atom is -0.356 e. The van der Waals surface area contributed by atoms with Gasteiger partial charge in [0.05, 0.1) is 0 Å². The summed E-state index contributed by atoms with van der Waals surface area (Å²) in [7, 11) is 0. The van der Waals surface area contributed by atoms with Crippen LogP contribution in [0.4, 0.5) is 10.6 Å². The smallest absolute Gasteiger partial charge is 0.336 e. The first-order valence-electron chi connectivity index (χ1n) is 11.2. The number of nitriles is 1. The van der Waals surface area contributed by atoms with Crippen LogP contribution in [0.5, 0.6) is 0 Å². The fourth-order valence-electron chi connectivity index (χ4n) is 3.01. The van der Waals surface area contributed by atoms with E-state index in [9.17, 15) is 9.59 Å². The van der Waals surface area contributed by atoms with Gasteiger partial charge in [-0.05, 0) is 25.2 Å². The van der Waals surface area contributed by atoms with Crippen molar-refractivity contribution in [3.63, 3.8) is 0 Å². The summed E-state index contributed by atoms with van der Waals surface area (Å²) >= 11 is 0. The van der Waals surface area contributed by atoms with Gasteiger partial charge in [-0.25, -0.2) is 15.2 Å². The van der Waals surface area contributed by atoms with Gasteiger partial charge in [0.2, 0.25) is 11.7 Å². The van der Waals surface area contributed by atoms with Crippen molar-refractivity contribution in [2.24, 2.45) is 5.92 Å². The van der Waals surface area contributed by atoms with Gasteiger partial charge in [-0.1, -0.05) is 40.0 Å². The molecule has 0 bridgehead atoms. The van der Waals surface area contributed by atoms with Crippen LogP contribution >= 0.6 is 0 Å². The standard InChI is InChI=1S/C22H37N7O2/c1-5-6-14-28(15-10-8-7-9-12-24-19(4)30)22(31)27-29(17-18(2)3)21-11-13-25-20(16-23)26-21/h11,13,18H,5-10,12,14-15,17H2,1-4H3,(H,24,30)(H,27,31). The van der Waals surface area contributed by atoms with Gasteiger partial charge in [0.25, 0.3) is 0 Å². The molecule has 1 aromatic rings. The molecule has 0 atom stereocenters. The Balaban J connectivity index is 2.68. The molecule has 0 unspecified atom stereocenters. The molecule has 2 N–H and O–H groups in total. The van der Waals surface area contributed by atoms with Crippen LogP contribution in [0.15, 0.2) is 12.3 Å². The zero-order valence-corrected chi connectivity index (χ0v) is 19.4. The molecule has 1 aromatic heterocycles. The molecule has 0 saturated heterocycles. The Labute approximate surface area is 186 Å². The number of anilines is 1. The van der Waals surface area contributed by atoms with Gasteiger partial charge in [0, 0.05) is 45.4 Å². The number of carbonyl (C=O) groups excluding carboxylic acids is 2. The fraction of sp³-hybridized carbons (Fsp3) is 0.682. The van der Waals surface area contributed by atoms with Gasteiger partial charge in [0.1, 0.15) is 6.07 Å². The fourth-order valence-corrected chi connectivity index (χ4v) is 3.01. The van der Waals surface area contributed by atoms with Gasteiger partial charge in [-0.3, -0.25) is 9.80 Å². The zero-order valence-electron chi connectivity index (χ0n) is 19.4. The predicted molar refractivity (Wildman–Crippen MR) is 121 cm³/mol. The van der Waals surface area contributed by atoms with Gasteiger partial charge in [-0.15, -0.1) is 0 Å². The van der Waals surface area contributed by atoms with Crippen LogP contribution in [-0.2, 0) is 4.79 Å². The zero-order chi connectivity index (χ0) is 23.1. The first-order valence-corrected chi connectivity index (χ1v) is 11.2. The molecule has 31 heavy (non-hydrogen) atoms. The summed E-state index contributed by atoms with van der Waals surface area (Å²) in [5.74, 6) is 0.858. The van der Waals surface area contributed by atoms with E-state index in [4.69, 9.17) is 5.26 Å². The van der Waals surface area contributed by atoms with E-state index < -0.39 is 0 Å². The number of unbranched alkanes of at least 4 members (excludes halogenated alkanes) is 4. The van der Waals surface area contributed by atoms with E-state index in [1.165, 1.54) is 13.1 Å². The Morgan fingerprint density at radius 3 is 2.52 bits per heavy atom. The maximum atomic E-state index is 13.0. The van der Waals surface area contributed by atoms with E-state index in [0.717, 1.165) is 38.5 Å². The number of nitrogens with zero attached hydrogens (tertiary/aromatic N) is 5. The van der Waals surface area contributed by atoms with Crippen LogP contribution in [0.25, 0.3) is 0 Å². The predicted octanol–water partition coefficient (Wildman–Crippen LogP) is 3.23. The maximum absolute atomic E-state index is 13.0. The summed E-state index contributed by atoms with van der Waals surface area (Å²) in [6.45, 7) is 10.4. The lowest BCUT2D eigenvalue weighted by atomic mass is 10.2. The third kappa shape index (κ3) is 11.2. The van der Waals surface area contributed by atoms with Crippen molar-refractivity contribution in [1.29, 1.82) is 5.26 Å². The number of carbonyl (C=O) groups is 2. The first-order chi connectivity index (χ1) is 14.9. The molecule has 9 heteroatoms. The van der Waals surface area contributed by atoms with Gasteiger partial charge >= 0.3 is 6.03 Å². The Morgan fingerprint density at radius 2 is 1.87 bits per heavy atom. The molecule has 0 radical (unpaired) electrons. The van der Waals surface area contributed by atoms with Crippen LogP contribution in [0, 0.1) is 17.2 Å². The monoisotopic (exact) mass is 431 g/mol. The first kappa shape index (κ1) is 26.1. The van der Waals surface area contributed by atoms with Crippen LogP contribution in [-0.4, -0.2) is 53.0 Å². The highest BCUT2D eigenvalue weighted by Crippen LogP contribution is 2.11. The molecule has 3 amide bonds. The topological polar surface area (TPSA) is 114 Å². The minimum atomic E-state index is -0.163. The lowest BCUT2D eigenvalue weighted by Gasteiger charge is -2.30. The molecule has 0 saturated carbocycles. The Hall–Kier alpha value is -2.89. The van der Waals surface area contributed by atoms with E-state index in [-0.39, 0.29) is 23.7 Å². The highest BCUT2D eigenvalue weighted by molar-refractivity contribution is 5.76. The third-order valence-corrected chi connectivity index (χ3v) is 4.59.